The summed E-state index contributed by atoms with van der Waals surface area (Å²) in [5, 5.41) is 0. The number of guanidine groups is 1. The molecular formula is C16H21N3O3S. The van der Waals surface area contributed by atoms with Gasteiger partial charge in [0.15, 0.2) is 15.8 Å². The summed E-state index contributed by atoms with van der Waals surface area (Å²) in [6.07, 6.45) is 9.93. The monoisotopic (exact) mass is 335 g/mol. The summed E-state index contributed by atoms with van der Waals surface area (Å²) < 4.78 is 24.3. The van der Waals surface area contributed by atoms with Crippen molar-refractivity contribution in [2.24, 2.45) is 16.5 Å². The zero-order chi connectivity index (χ0) is 17.6. The average molecular weight is 335 g/mol. The average Bonchev–Trinajstić information content (AvgIpc) is 2.44. The van der Waals surface area contributed by atoms with Crippen molar-refractivity contribution in [2.75, 3.05) is 6.26 Å². The minimum absolute atomic E-state index is 0.000525. The second-order valence-electron chi connectivity index (χ2n) is 5.19. The van der Waals surface area contributed by atoms with Gasteiger partial charge < -0.3 is 11.5 Å². The van der Waals surface area contributed by atoms with E-state index in [0.717, 1.165) is 25.5 Å². The first-order chi connectivity index (χ1) is 10.7. The zero-order valence-electron chi connectivity index (χ0n) is 13.3. The molecule has 1 rings (SSSR count). The van der Waals surface area contributed by atoms with Crippen LogP contribution in [0, 0.1) is 12.3 Å². The maximum Gasteiger partial charge on any atom is 0.281 e. The molecule has 1 amide bonds. The van der Waals surface area contributed by atoms with Crippen molar-refractivity contribution in [3.05, 3.63) is 28.8 Å². The van der Waals surface area contributed by atoms with Gasteiger partial charge in [-0.1, -0.05) is 31.8 Å². The molecule has 0 bridgehead atoms. The zero-order valence-corrected chi connectivity index (χ0v) is 14.1. The maximum atomic E-state index is 12.2. The molecule has 124 valence electrons. The third-order valence-corrected chi connectivity index (χ3v) is 4.47. The molecule has 23 heavy (non-hydrogen) atoms. The number of nitrogens with two attached hydrogens (primary N) is 2. The van der Waals surface area contributed by atoms with Crippen LogP contribution >= 0.6 is 0 Å². The summed E-state index contributed by atoms with van der Waals surface area (Å²) >= 11 is 0. The van der Waals surface area contributed by atoms with Crippen LogP contribution in [0.25, 0.3) is 0 Å². The molecule has 0 saturated carbocycles. The van der Waals surface area contributed by atoms with E-state index >= 15 is 0 Å². The van der Waals surface area contributed by atoms with Crippen LogP contribution in [0.4, 0.5) is 0 Å². The fourth-order valence-corrected chi connectivity index (χ4v) is 3.50. The van der Waals surface area contributed by atoms with Gasteiger partial charge in [0.2, 0.25) is 0 Å². The first-order valence-corrected chi connectivity index (χ1v) is 9.08. The largest absolute Gasteiger partial charge is 0.370 e. The SMILES string of the molecule is C#Cc1c(C(=O)N=C(N)N)ccc(CCCCC)c1S(C)(=O)=O. The van der Waals surface area contributed by atoms with Crippen LogP contribution in [0.15, 0.2) is 22.0 Å². The number of hydrogen-bond acceptors (Lipinski definition) is 3. The Kier molecular flexibility index (Phi) is 6.34. The number of rotatable bonds is 6. The lowest BCUT2D eigenvalue weighted by molar-refractivity contribution is 0.100. The van der Waals surface area contributed by atoms with Crippen LogP contribution in [0.5, 0.6) is 0 Å². The van der Waals surface area contributed by atoms with Crippen molar-refractivity contribution in [3.8, 4) is 12.3 Å². The van der Waals surface area contributed by atoms with Crippen molar-refractivity contribution in [3.63, 3.8) is 0 Å². The van der Waals surface area contributed by atoms with E-state index in [0.29, 0.717) is 12.0 Å². The first kappa shape index (κ1) is 18.7. The number of unbranched alkanes of at least 4 members (excludes halogenated alkanes) is 2. The fraction of sp³-hybridized carbons (Fsp3) is 0.375. The maximum absolute atomic E-state index is 12.2. The Morgan fingerprint density at radius 1 is 1.30 bits per heavy atom. The van der Waals surface area contributed by atoms with Gasteiger partial charge in [-0.3, -0.25) is 4.79 Å². The van der Waals surface area contributed by atoms with Gasteiger partial charge in [-0.15, -0.1) is 6.42 Å². The molecule has 0 unspecified atom stereocenters. The summed E-state index contributed by atoms with van der Waals surface area (Å²) in [6, 6.07) is 3.07. The third-order valence-electron chi connectivity index (χ3n) is 3.27. The van der Waals surface area contributed by atoms with Crippen molar-refractivity contribution < 1.29 is 13.2 Å². The van der Waals surface area contributed by atoms with E-state index in [9.17, 15) is 13.2 Å². The van der Waals surface area contributed by atoms with Gasteiger partial charge in [-0.05, 0) is 24.5 Å². The van der Waals surface area contributed by atoms with Crippen molar-refractivity contribution in [1.29, 1.82) is 0 Å². The summed E-state index contributed by atoms with van der Waals surface area (Å²) in [4.78, 5) is 15.5. The van der Waals surface area contributed by atoms with E-state index in [-0.39, 0.29) is 16.0 Å². The number of hydrogen-bond donors (Lipinski definition) is 2. The molecule has 0 spiro atoms. The Morgan fingerprint density at radius 2 is 1.96 bits per heavy atom. The van der Waals surface area contributed by atoms with Crippen LogP contribution in [0.2, 0.25) is 0 Å². The highest BCUT2D eigenvalue weighted by Crippen LogP contribution is 2.26. The molecule has 0 atom stereocenters. The molecule has 0 aliphatic rings. The molecule has 1 aromatic rings. The van der Waals surface area contributed by atoms with E-state index in [1.54, 1.807) is 6.07 Å². The predicted octanol–water partition coefficient (Wildman–Crippen LogP) is 1.22. The molecular weight excluding hydrogens is 314 g/mol. The molecule has 1 aromatic carbocycles. The van der Waals surface area contributed by atoms with Gasteiger partial charge >= 0.3 is 0 Å². The summed E-state index contributed by atoms with van der Waals surface area (Å²) in [6.45, 7) is 2.06. The number of carbonyl (C=O) groups is 1. The number of amides is 1. The smallest absolute Gasteiger partial charge is 0.281 e. The van der Waals surface area contributed by atoms with Gasteiger partial charge in [-0.25, -0.2) is 8.42 Å². The van der Waals surface area contributed by atoms with Gasteiger partial charge in [0, 0.05) is 6.26 Å². The molecule has 0 radical (unpaired) electrons. The van der Waals surface area contributed by atoms with Gasteiger partial charge in [0.25, 0.3) is 5.91 Å². The Hall–Kier alpha value is -2.33. The van der Waals surface area contributed by atoms with Crippen LogP contribution in [0.3, 0.4) is 0 Å². The van der Waals surface area contributed by atoms with Crippen molar-refractivity contribution in [2.45, 2.75) is 37.5 Å². The summed E-state index contributed by atoms with van der Waals surface area (Å²) in [5.74, 6) is 1.13. The number of carbonyl (C=O) groups excluding carboxylic acids is 1. The van der Waals surface area contributed by atoms with E-state index in [1.165, 1.54) is 6.07 Å². The number of benzene rings is 1. The van der Waals surface area contributed by atoms with E-state index < -0.39 is 21.7 Å². The van der Waals surface area contributed by atoms with Crippen LogP contribution < -0.4 is 11.5 Å². The van der Waals surface area contributed by atoms with E-state index in [2.05, 4.69) is 17.8 Å². The van der Waals surface area contributed by atoms with E-state index in [4.69, 9.17) is 17.9 Å². The topological polar surface area (TPSA) is 116 Å². The highest BCUT2D eigenvalue weighted by atomic mass is 32.2. The Bertz CT molecular complexity index is 770. The lowest BCUT2D eigenvalue weighted by Crippen LogP contribution is -2.24. The van der Waals surface area contributed by atoms with Gasteiger partial charge in [0.05, 0.1) is 16.0 Å². The van der Waals surface area contributed by atoms with E-state index in [1.807, 2.05) is 0 Å². The third kappa shape index (κ3) is 4.83. The van der Waals surface area contributed by atoms with Crippen LogP contribution in [-0.4, -0.2) is 26.5 Å². The van der Waals surface area contributed by atoms with Crippen molar-refractivity contribution >= 4 is 21.7 Å². The first-order valence-electron chi connectivity index (χ1n) is 7.18. The minimum Gasteiger partial charge on any atom is -0.370 e. The van der Waals surface area contributed by atoms with Crippen molar-refractivity contribution in [1.82, 2.24) is 0 Å². The Morgan fingerprint density at radius 3 is 2.43 bits per heavy atom. The lowest BCUT2D eigenvalue weighted by Gasteiger charge is -2.13. The highest BCUT2D eigenvalue weighted by Gasteiger charge is 2.23. The lowest BCUT2D eigenvalue weighted by atomic mass is 10.00. The molecule has 4 N–H and O–H groups in total. The second kappa shape index (κ2) is 7.79. The fourth-order valence-electron chi connectivity index (χ4n) is 2.31. The predicted molar refractivity (Wildman–Crippen MR) is 90.9 cm³/mol. The standard InChI is InChI=1S/C16H21N3O3S/c1-4-6-7-8-11-9-10-13(15(20)19-16(17)18)12(5-2)14(11)23(3,21)22/h2,9-10H,4,6-8H2,1,3H3,(H4,17,18,19,20). The second-order valence-corrected chi connectivity index (χ2v) is 7.14. The van der Waals surface area contributed by atoms with Gasteiger partial charge in [0.1, 0.15) is 0 Å². The molecule has 7 heteroatoms. The normalized spacial score (nSPS) is 10.8. The van der Waals surface area contributed by atoms with Crippen LogP contribution in [-0.2, 0) is 16.3 Å². The minimum atomic E-state index is -3.60. The van der Waals surface area contributed by atoms with Crippen LogP contribution in [0.1, 0.15) is 47.7 Å². The number of sulfone groups is 1. The summed E-state index contributed by atoms with van der Waals surface area (Å²) in [7, 11) is -3.60. The number of terminal acetylenes is 1. The molecule has 0 aliphatic carbocycles. The quantitative estimate of drug-likeness (QED) is 0.351. The molecule has 0 heterocycles. The number of nitrogens with zero attached hydrogens (tertiary/aromatic N) is 1. The number of aliphatic imine (C=N–C) groups is 1. The molecule has 0 fully saturated rings. The van der Waals surface area contributed by atoms with Gasteiger partial charge in [-0.2, -0.15) is 4.99 Å². The Labute approximate surface area is 136 Å². The summed E-state index contributed by atoms with van der Waals surface area (Å²) in [5.41, 5.74) is 11.0. The number of aryl methyl sites for hydroxylation is 1. The molecule has 0 aliphatic heterocycles. The molecule has 0 saturated heterocycles. The molecule has 6 nitrogen and oxygen atoms in total. The Balaban J connectivity index is 3.54. The molecule has 0 aromatic heterocycles. The highest BCUT2D eigenvalue weighted by molar-refractivity contribution is 7.90.